The van der Waals surface area contributed by atoms with E-state index in [4.69, 9.17) is 9.47 Å². The van der Waals surface area contributed by atoms with Crippen LogP contribution in [-0.2, 0) is 6.84 Å². The van der Waals surface area contributed by atoms with E-state index in [0.29, 0.717) is 0 Å². The number of alkyl halides is 2. The van der Waals surface area contributed by atoms with Crippen molar-refractivity contribution in [2.24, 2.45) is 0 Å². The van der Waals surface area contributed by atoms with Gasteiger partial charge in [0.15, 0.2) is 0 Å². The van der Waals surface area contributed by atoms with Gasteiger partial charge >= 0.3 is 0 Å². The molecular weight excluding hydrogens is 838 g/mol. The average Bonchev–Trinajstić information content (AvgIpc) is 3.55. The van der Waals surface area contributed by atoms with Crippen LogP contribution in [0.25, 0.3) is 55.6 Å². The first kappa shape index (κ1) is 33.5. The first-order chi connectivity index (χ1) is 24.3. The molecular formula is C46H40I2O2. The number of halogens is 2. The second-order valence-electron chi connectivity index (χ2n) is 13.6. The average molecular weight is 879 g/mol. The summed E-state index contributed by atoms with van der Waals surface area (Å²) in [7, 11) is 3.44. The lowest BCUT2D eigenvalue weighted by atomic mass is 9.87. The molecule has 0 heterocycles. The van der Waals surface area contributed by atoms with Crippen molar-refractivity contribution < 1.29 is 9.47 Å². The fourth-order valence-electron chi connectivity index (χ4n) is 8.23. The Bertz CT molecular complexity index is 2080. The van der Waals surface area contributed by atoms with Crippen molar-refractivity contribution >= 4 is 45.2 Å². The zero-order chi connectivity index (χ0) is 34.6. The number of hydrogen-bond donors (Lipinski definition) is 0. The van der Waals surface area contributed by atoms with Gasteiger partial charge in [0.1, 0.15) is 11.5 Å². The highest BCUT2D eigenvalue weighted by atomic mass is 127. The minimum atomic E-state index is -0.0876. The van der Waals surface area contributed by atoms with Crippen LogP contribution in [0.1, 0.15) is 61.8 Å². The van der Waals surface area contributed by atoms with E-state index in [-0.39, 0.29) is 6.84 Å². The Hall–Kier alpha value is -3.62. The highest BCUT2D eigenvalue weighted by Crippen LogP contribution is 2.59. The Balaban J connectivity index is 1.18. The monoisotopic (exact) mass is 878 g/mol. The summed E-state index contributed by atoms with van der Waals surface area (Å²) in [5, 5.41) is 0. The molecule has 0 saturated carbocycles. The molecule has 2 aliphatic rings. The van der Waals surface area contributed by atoms with Gasteiger partial charge in [-0.05, 0) is 139 Å². The molecule has 2 nitrogen and oxygen atoms in total. The molecule has 0 saturated heterocycles. The van der Waals surface area contributed by atoms with Gasteiger partial charge in [-0.3, -0.25) is 0 Å². The number of ether oxygens (including phenoxy) is 2. The quantitative estimate of drug-likeness (QED) is 0.106. The summed E-state index contributed by atoms with van der Waals surface area (Å²) in [5.41, 5.74) is 18.7. The second kappa shape index (κ2) is 13.2. The molecule has 0 aliphatic heterocycles. The normalized spacial score (nSPS) is 18.3. The number of hydrogen-bond acceptors (Lipinski definition) is 2. The van der Waals surface area contributed by atoms with Crippen molar-refractivity contribution in [3.8, 4) is 67.1 Å². The third kappa shape index (κ3) is 5.40. The van der Waals surface area contributed by atoms with Crippen molar-refractivity contribution in [1.82, 2.24) is 0 Å². The van der Waals surface area contributed by atoms with E-state index in [9.17, 15) is 0 Å². The Labute approximate surface area is 323 Å². The van der Waals surface area contributed by atoms with Gasteiger partial charge in [0.2, 0.25) is 0 Å². The largest absolute Gasteiger partial charge is 0.497 e. The first-order valence-electron chi connectivity index (χ1n) is 17.6. The second-order valence-corrected chi connectivity index (χ2v) is 17.3. The van der Waals surface area contributed by atoms with Gasteiger partial charge < -0.3 is 9.47 Å². The number of methoxy groups -OCH3 is 2. The molecule has 2 aliphatic carbocycles. The van der Waals surface area contributed by atoms with Crippen LogP contribution in [0, 0.1) is 0 Å². The van der Waals surface area contributed by atoms with Gasteiger partial charge in [0.25, 0.3) is 0 Å². The van der Waals surface area contributed by atoms with E-state index < -0.39 is 0 Å². The van der Waals surface area contributed by atoms with Gasteiger partial charge in [0.05, 0.1) is 21.1 Å². The summed E-state index contributed by atoms with van der Waals surface area (Å²) in [5.74, 6) is 1.76. The van der Waals surface area contributed by atoms with Crippen LogP contribution in [-0.4, -0.2) is 14.2 Å². The zero-order valence-electron chi connectivity index (χ0n) is 28.9. The number of benzene rings is 6. The Kier molecular flexibility index (Phi) is 8.83. The molecule has 0 amide bonds. The van der Waals surface area contributed by atoms with E-state index in [1.54, 1.807) is 14.2 Å². The molecule has 50 heavy (non-hydrogen) atoms. The minimum Gasteiger partial charge on any atom is -0.497 e. The molecule has 250 valence electrons. The van der Waals surface area contributed by atoms with Gasteiger partial charge in [-0.1, -0.05) is 145 Å². The molecule has 0 radical (unpaired) electrons. The van der Waals surface area contributed by atoms with Crippen LogP contribution in [0.4, 0.5) is 0 Å². The van der Waals surface area contributed by atoms with Crippen molar-refractivity contribution in [3.05, 3.63) is 144 Å². The predicted molar refractivity (Wildman–Crippen MR) is 226 cm³/mol. The van der Waals surface area contributed by atoms with Crippen LogP contribution >= 0.6 is 45.2 Å². The summed E-state index contributed by atoms with van der Waals surface area (Å²) in [6.45, 7) is 4.61. The summed E-state index contributed by atoms with van der Waals surface area (Å²) in [6.07, 6.45) is 4.41. The molecule has 6 aromatic rings. The molecule has 4 heteroatoms. The molecule has 2 unspecified atom stereocenters. The fraction of sp³-hybridized carbons (Fsp3) is 0.217. The molecule has 2 atom stereocenters. The minimum absolute atomic E-state index is 0.0876. The molecule has 8 rings (SSSR count). The first-order valence-corrected chi connectivity index (χ1v) is 19.7. The molecule has 0 fully saturated rings. The van der Waals surface area contributed by atoms with Crippen LogP contribution < -0.4 is 9.47 Å². The van der Waals surface area contributed by atoms with E-state index >= 15 is 0 Å². The van der Waals surface area contributed by atoms with Gasteiger partial charge in [-0.25, -0.2) is 0 Å². The van der Waals surface area contributed by atoms with E-state index in [0.717, 1.165) is 37.2 Å². The van der Waals surface area contributed by atoms with Gasteiger partial charge in [-0.15, -0.1) is 0 Å². The molecule has 0 spiro atoms. The third-order valence-corrected chi connectivity index (χ3v) is 14.1. The van der Waals surface area contributed by atoms with Crippen molar-refractivity contribution in [2.75, 3.05) is 14.2 Å². The highest BCUT2D eigenvalue weighted by Gasteiger charge is 2.42. The van der Waals surface area contributed by atoms with E-state index in [1.807, 2.05) is 24.3 Å². The maximum Gasteiger partial charge on any atom is 0.118 e. The molecule has 0 aromatic heterocycles. The third-order valence-electron chi connectivity index (χ3n) is 10.7. The molecule has 6 aromatic carbocycles. The lowest BCUT2D eigenvalue weighted by Gasteiger charge is -2.26. The standard InChI is InChI=1S/C46H40I2O2/c1-5-23-45(47)41-25-31(29-7-15-35(49-3)16-8-29)11-19-37(41)39-21-13-33(27-43(39)45)34-14-22-40-38-20-12-32(30-9-17-36(50-4)18-10-30)26-42(38)46(48,24-6-2)44(40)28-34/h7-22,25-28H,5-6,23-24H2,1-4H3. The maximum absolute atomic E-state index is 5.42. The summed E-state index contributed by atoms with van der Waals surface area (Å²) in [6, 6.07) is 45.3. The Morgan fingerprint density at radius 3 is 0.920 bits per heavy atom. The lowest BCUT2D eigenvalue weighted by molar-refractivity contribution is 0.415. The Morgan fingerprint density at radius 1 is 0.400 bits per heavy atom. The maximum atomic E-state index is 5.42. The number of rotatable bonds is 9. The lowest BCUT2D eigenvalue weighted by Crippen LogP contribution is -2.16. The van der Waals surface area contributed by atoms with Gasteiger partial charge in [0, 0.05) is 0 Å². The van der Waals surface area contributed by atoms with Crippen LogP contribution in [0.2, 0.25) is 0 Å². The van der Waals surface area contributed by atoms with E-state index in [1.165, 1.54) is 77.9 Å². The summed E-state index contributed by atoms with van der Waals surface area (Å²) < 4.78 is 10.7. The summed E-state index contributed by atoms with van der Waals surface area (Å²) >= 11 is 5.52. The van der Waals surface area contributed by atoms with Crippen LogP contribution in [0.5, 0.6) is 11.5 Å². The van der Waals surface area contributed by atoms with Gasteiger partial charge in [-0.2, -0.15) is 0 Å². The number of fused-ring (bicyclic) bond motifs is 6. The molecule has 0 bridgehead atoms. The highest BCUT2D eigenvalue weighted by molar-refractivity contribution is 14.1. The summed E-state index contributed by atoms with van der Waals surface area (Å²) in [4.78, 5) is 0. The Morgan fingerprint density at radius 2 is 0.660 bits per heavy atom. The smallest absolute Gasteiger partial charge is 0.118 e. The van der Waals surface area contributed by atoms with Crippen LogP contribution in [0.3, 0.4) is 0 Å². The predicted octanol–water partition coefficient (Wildman–Crippen LogP) is 13.6. The van der Waals surface area contributed by atoms with Crippen molar-refractivity contribution in [2.45, 2.75) is 46.4 Å². The van der Waals surface area contributed by atoms with E-state index in [2.05, 4.69) is 156 Å². The van der Waals surface area contributed by atoms with Crippen molar-refractivity contribution in [3.63, 3.8) is 0 Å². The fourth-order valence-corrected chi connectivity index (χ4v) is 11.1. The van der Waals surface area contributed by atoms with Crippen LogP contribution in [0.15, 0.2) is 121 Å². The van der Waals surface area contributed by atoms with Crippen molar-refractivity contribution in [1.29, 1.82) is 0 Å². The molecule has 0 N–H and O–H groups in total. The zero-order valence-corrected chi connectivity index (χ0v) is 33.3. The SMILES string of the molecule is CCCC1(I)c2cc(-c3ccc(OC)cc3)ccc2-c2ccc(-c3ccc4c(c3)C(I)(CCC)c3cc(-c5ccc(OC)cc5)ccc3-4)cc21. The topological polar surface area (TPSA) is 18.5 Å².